The van der Waals surface area contributed by atoms with Crippen molar-refractivity contribution in [2.45, 2.75) is 32.9 Å². The molecule has 0 aliphatic heterocycles. The van der Waals surface area contributed by atoms with E-state index in [-0.39, 0.29) is 0 Å². The van der Waals surface area contributed by atoms with Crippen LogP contribution < -0.4 is 10.6 Å². The third kappa shape index (κ3) is 4.96. The van der Waals surface area contributed by atoms with Crippen LogP contribution in [0.3, 0.4) is 0 Å². The summed E-state index contributed by atoms with van der Waals surface area (Å²) >= 11 is 6.05. The molecule has 3 rings (SSSR count). The molecule has 0 aliphatic rings. The molecule has 2 heterocycles. The lowest BCUT2D eigenvalue weighted by molar-refractivity contribution is 0.146. The molecule has 0 bridgehead atoms. The quantitative estimate of drug-likeness (QED) is 0.543. The van der Waals surface area contributed by atoms with Crippen LogP contribution >= 0.6 is 11.6 Å². The molecule has 3 aromatic rings. The van der Waals surface area contributed by atoms with Gasteiger partial charge in [0.15, 0.2) is 5.82 Å². The molecular weight excluding hydrogens is 364 g/mol. The minimum absolute atomic E-state index is 0.356. The molecule has 3 N–H and O–H groups in total. The number of hydrogen-bond acceptors (Lipinski definition) is 6. The van der Waals surface area contributed by atoms with E-state index in [2.05, 4.69) is 25.7 Å². The van der Waals surface area contributed by atoms with Crippen LogP contribution in [-0.4, -0.2) is 37.5 Å². The molecule has 7 nitrogen and oxygen atoms in total. The topological polar surface area (TPSA) is 87.9 Å². The van der Waals surface area contributed by atoms with E-state index >= 15 is 0 Å². The van der Waals surface area contributed by atoms with E-state index in [1.165, 1.54) is 0 Å². The van der Waals surface area contributed by atoms with Gasteiger partial charge in [-0.25, -0.2) is 9.67 Å². The molecule has 8 heteroatoms. The molecule has 1 atom stereocenters. The number of hydrogen-bond donors (Lipinski definition) is 3. The lowest BCUT2D eigenvalue weighted by Gasteiger charge is -2.10. The van der Waals surface area contributed by atoms with Crippen molar-refractivity contribution in [1.29, 1.82) is 0 Å². The van der Waals surface area contributed by atoms with Gasteiger partial charge in [0.25, 0.3) is 0 Å². The minimum atomic E-state index is -0.500. The summed E-state index contributed by atoms with van der Waals surface area (Å²) in [5.41, 5.74) is 1.67. The van der Waals surface area contributed by atoms with E-state index in [4.69, 9.17) is 11.6 Å². The Balaban J connectivity index is 1.95. The van der Waals surface area contributed by atoms with Crippen LogP contribution in [0.25, 0.3) is 11.4 Å². The summed E-state index contributed by atoms with van der Waals surface area (Å²) < 4.78 is 1.71. The van der Waals surface area contributed by atoms with Gasteiger partial charge in [0.1, 0.15) is 5.82 Å². The number of benzene rings is 1. The fourth-order valence-electron chi connectivity index (χ4n) is 2.61. The Morgan fingerprint density at radius 2 is 2.07 bits per heavy atom. The van der Waals surface area contributed by atoms with Gasteiger partial charge < -0.3 is 15.7 Å². The Bertz CT molecular complexity index is 897. The fourth-order valence-corrected chi connectivity index (χ4v) is 2.80. The Morgan fingerprint density at radius 3 is 2.81 bits per heavy atom. The van der Waals surface area contributed by atoms with Crippen molar-refractivity contribution in [2.24, 2.45) is 0 Å². The maximum absolute atomic E-state index is 10.1. The van der Waals surface area contributed by atoms with E-state index < -0.39 is 6.10 Å². The molecule has 0 saturated heterocycles. The molecule has 0 saturated carbocycles. The van der Waals surface area contributed by atoms with Crippen LogP contribution in [-0.2, 0) is 6.54 Å². The number of rotatable bonds is 8. The third-order valence-electron chi connectivity index (χ3n) is 3.98. The van der Waals surface area contributed by atoms with Crippen molar-refractivity contribution < 1.29 is 5.11 Å². The predicted octanol–water partition coefficient (Wildman–Crippen LogP) is 3.94. The molecule has 0 radical (unpaired) electrons. The second-order valence-electron chi connectivity index (χ2n) is 6.10. The maximum Gasteiger partial charge on any atom is 0.247 e. The van der Waals surface area contributed by atoms with Crippen molar-refractivity contribution in [3.63, 3.8) is 0 Å². The number of pyridine rings is 1. The summed E-state index contributed by atoms with van der Waals surface area (Å²) in [5, 5.41) is 21.6. The van der Waals surface area contributed by atoms with E-state index in [0.29, 0.717) is 29.8 Å². The van der Waals surface area contributed by atoms with Crippen LogP contribution in [0.4, 0.5) is 17.5 Å². The Morgan fingerprint density at radius 1 is 1.22 bits per heavy atom. The molecule has 0 amide bonds. The SMILES string of the molecule is CCNc1cc(-c2nc(Nc3cccc(Cl)c3)nn2C[C@H](O)CC)ccn1. The zero-order valence-corrected chi connectivity index (χ0v) is 16.1. The fraction of sp³-hybridized carbons (Fsp3) is 0.316. The first kappa shape index (κ1) is 19.1. The van der Waals surface area contributed by atoms with E-state index in [1.807, 2.05) is 38.1 Å². The highest BCUT2D eigenvalue weighted by atomic mass is 35.5. The van der Waals surface area contributed by atoms with Crippen molar-refractivity contribution in [1.82, 2.24) is 19.7 Å². The van der Waals surface area contributed by atoms with E-state index in [0.717, 1.165) is 23.6 Å². The number of aliphatic hydroxyl groups is 1. The highest BCUT2D eigenvalue weighted by Crippen LogP contribution is 2.24. The first-order valence-electron chi connectivity index (χ1n) is 8.94. The average Bonchev–Trinajstić information content (AvgIpc) is 3.04. The third-order valence-corrected chi connectivity index (χ3v) is 4.22. The second kappa shape index (κ2) is 8.83. The van der Waals surface area contributed by atoms with Gasteiger partial charge in [-0.1, -0.05) is 24.6 Å². The van der Waals surface area contributed by atoms with E-state index in [9.17, 15) is 5.11 Å². The number of aliphatic hydroxyl groups excluding tert-OH is 1. The van der Waals surface area contributed by atoms with Crippen LogP contribution in [0.15, 0.2) is 42.6 Å². The molecule has 0 unspecified atom stereocenters. The average molecular weight is 387 g/mol. The molecular formula is C19H23ClN6O. The van der Waals surface area contributed by atoms with Gasteiger partial charge in [-0.05, 0) is 43.7 Å². The lowest BCUT2D eigenvalue weighted by Crippen LogP contribution is -2.17. The number of nitrogens with zero attached hydrogens (tertiary/aromatic N) is 4. The highest BCUT2D eigenvalue weighted by molar-refractivity contribution is 6.30. The maximum atomic E-state index is 10.1. The minimum Gasteiger partial charge on any atom is -0.391 e. The zero-order chi connectivity index (χ0) is 19.2. The van der Waals surface area contributed by atoms with Crippen LogP contribution in [0.5, 0.6) is 0 Å². The first-order chi connectivity index (χ1) is 13.1. The molecule has 142 valence electrons. The van der Waals surface area contributed by atoms with Gasteiger partial charge in [-0.2, -0.15) is 4.98 Å². The molecule has 0 aliphatic carbocycles. The van der Waals surface area contributed by atoms with Gasteiger partial charge >= 0.3 is 0 Å². The summed E-state index contributed by atoms with van der Waals surface area (Å²) in [5.74, 6) is 1.87. The van der Waals surface area contributed by atoms with Crippen LogP contribution in [0.2, 0.25) is 5.02 Å². The second-order valence-corrected chi connectivity index (χ2v) is 6.54. The number of aromatic nitrogens is 4. The lowest BCUT2D eigenvalue weighted by atomic mass is 10.2. The van der Waals surface area contributed by atoms with Crippen molar-refractivity contribution in [3.05, 3.63) is 47.6 Å². The number of halogens is 1. The molecule has 1 aromatic carbocycles. The first-order valence-corrected chi connectivity index (χ1v) is 9.32. The Labute approximate surface area is 163 Å². The summed E-state index contributed by atoms with van der Waals surface area (Å²) in [6.45, 7) is 5.08. The summed E-state index contributed by atoms with van der Waals surface area (Å²) in [7, 11) is 0. The van der Waals surface area contributed by atoms with E-state index in [1.54, 1.807) is 23.0 Å². The largest absolute Gasteiger partial charge is 0.391 e. The summed E-state index contributed by atoms with van der Waals surface area (Å²) in [6.07, 6.45) is 1.86. The Hall–Kier alpha value is -2.64. The highest BCUT2D eigenvalue weighted by Gasteiger charge is 2.15. The summed E-state index contributed by atoms with van der Waals surface area (Å²) in [6, 6.07) is 11.2. The van der Waals surface area contributed by atoms with Crippen molar-refractivity contribution in [3.8, 4) is 11.4 Å². The molecule has 0 fully saturated rings. The van der Waals surface area contributed by atoms with Crippen molar-refractivity contribution in [2.75, 3.05) is 17.2 Å². The normalized spacial score (nSPS) is 12.0. The number of anilines is 3. The smallest absolute Gasteiger partial charge is 0.247 e. The Kier molecular flexibility index (Phi) is 6.26. The van der Waals surface area contributed by atoms with Crippen LogP contribution in [0.1, 0.15) is 20.3 Å². The van der Waals surface area contributed by atoms with Gasteiger partial charge in [0.05, 0.1) is 12.6 Å². The predicted molar refractivity (Wildman–Crippen MR) is 108 cm³/mol. The molecule has 2 aromatic heterocycles. The van der Waals surface area contributed by atoms with Gasteiger partial charge in [-0.3, -0.25) is 0 Å². The summed E-state index contributed by atoms with van der Waals surface area (Å²) in [4.78, 5) is 8.92. The zero-order valence-electron chi connectivity index (χ0n) is 15.4. The van der Waals surface area contributed by atoms with Crippen LogP contribution in [0, 0.1) is 0 Å². The monoisotopic (exact) mass is 386 g/mol. The number of nitrogens with one attached hydrogen (secondary N) is 2. The van der Waals surface area contributed by atoms with Gasteiger partial charge in [0, 0.05) is 29.0 Å². The molecule has 0 spiro atoms. The van der Waals surface area contributed by atoms with Gasteiger partial charge in [-0.15, -0.1) is 5.10 Å². The van der Waals surface area contributed by atoms with Crippen molar-refractivity contribution >= 4 is 29.1 Å². The standard InChI is InChI=1S/C19H23ClN6O/c1-3-16(27)12-26-18(13-8-9-22-17(10-13)21-4-2)24-19(25-26)23-15-7-5-6-14(20)11-15/h5-11,16,27H,3-4,12H2,1-2H3,(H,21,22)(H,23,25)/t16-/m1/s1. The van der Waals surface area contributed by atoms with Gasteiger partial charge in [0.2, 0.25) is 5.95 Å². The molecule has 27 heavy (non-hydrogen) atoms.